The molecule has 0 N–H and O–H groups in total. The number of benzene rings is 1. The van der Waals surface area contributed by atoms with Crippen LogP contribution in [-0.4, -0.2) is 26.5 Å². The Morgan fingerprint density at radius 1 is 1.04 bits per heavy atom. The molecule has 0 amide bonds. The van der Waals surface area contributed by atoms with Gasteiger partial charge in [0.1, 0.15) is 11.6 Å². The molecule has 0 spiro atoms. The van der Waals surface area contributed by atoms with E-state index in [4.69, 9.17) is 14.2 Å². The number of aryl methyl sites for hydroxylation is 1. The van der Waals surface area contributed by atoms with Gasteiger partial charge in [-0.2, -0.15) is 0 Å². The van der Waals surface area contributed by atoms with Crippen LogP contribution in [-0.2, 0) is 4.74 Å². The lowest BCUT2D eigenvalue weighted by molar-refractivity contribution is 0.0204. The molecular formula is C18H24FNO3Si. The minimum absolute atomic E-state index is 0.148. The van der Waals surface area contributed by atoms with Gasteiger partial charge in [0.05, 0.1) is 0 Å². The first-order valence-electron chi connectivity index (χ1n) is 7.95. The second-order valence-electron chi connectivity index (χ2n) is 6.79. The van der Waals surface area contributed by atoms with Crippen molar-refractivity contribution in [3.05, 3.63) is 47.9 Å². The van der Waals surface area contributed by atoms with Gasteiger partial charge in [-0.3, -0.25) is 0 Å². The minimum atomic E-state index is -1.11. The summed E-state index contributed by atoms with van der Waals surface area (Å²) in [6.07, 6.45) is 0. The molecule has 0 atom stereocenters. The quantitative estimate of drug-likeness (QED) is 0.381. The van der Waals surface area contributed by atoms with E-state index in [1.54, 1.807) is 18.2 Å². The lowest BCUT2D eigenvalue weighted by Gasteiger charge is -2.16. The van der Waals surface area contributed by atoms with Crippen LogP contribution in [0.5, 0.6) is 17.4 Å². The van der Waals surface area contributed by atoms with E-state index in [0.717, 1.165) is 11.7 Å². The maximum absolute atomic E-state index is 13.0. The van der Waals surface area contributed by atoms with E-state index in [0.29, 0.717) is 24.0 Å². The van der Waals surface area contributed by atoms with Crippen molar-refractivity contribution in [2.75, 3.05) is 13.4 Å². The number of rotatable bonds is 8. The van der Waals surface area contributed by atoms with Crippen molar-refractivity contribution in [1.82, 2.24) is 4.98 Å². The van der Waals surface area contributed by atoms with Crippen LogP contribution in [0, 0.1) is 12.7 Å². The Labute approximate surface area is 143 Å². The van der Waals surface area contributed by atoms with Crippen LogP contribution < -0.4 is 9.47 Å². The molecule has 0 bridgehead atoms. The minimum Gasteiger partial charge on any atom is -0.462 e. The third-order valence-corrected chi connectivity index (χ3v) is 4.99. The molecule has 0 fully saturated rings. The molecule has 1 aromatic carbocycles. The average Bonchev–Trinajstić information content (AvgIpc) is 2.50. The Hall–Kier alpha value is -1.92. The van der Waals surface area contributed by atoms with Crippen molar-refractivity contribution in [3.63, 3.8) is 0 Å². The standard InChI is InChI=1S/C18H24FNO3Si/c1-14-5-10-17(22-13-21-11-12-24(2,3)4)18(20-14)23-16-8-6-15(19)7-9-16/h5-10H,11-13H2,1-4H3. The fraction of sp³-hybridized carbons (Fsp3) is 0.389. The molecule has 0 saturated carbocycles. The molecule has 1 aromatic heterocycles. The van der Waals surface area contributed by atoms with E-state index in [1.165, 1.54) is 12.1 Å². The SMILES string of the molecule is Cc1ccc(OCOCC[Si](C)(C)C)c(Oc2ccc(F)cc2)n1. The zero-order valence-corrected chi connectivity index (χ0v) is 15.6. The lowest BCUT2D eigenvalue weighted by Crippen LogP contribution is -2.22. The summed E-state index contributed by atoms with van der Waals surface area (Å²) in [6, 6.07) is 10.5. The van der Waals surface area contributed by atoms with Gasteiger partial charge in [0.25, 0.3) is 5.88 Å². The Balaban J connectivity index is 1.96. The average molecular weight is 349 g/mol. The largest absolute Gasteiger partial charge is 0.462 e. The highest BCUT2D eigenvalue weighted by atomic mass is 28.3. The molecule has 6 heteroatoms. The molecule has 2 aromatic rings. The van der Waals surface area contributed by atoms with E-state index in [-0.39, 0.29) is 12.6 Å². The molecule has 1 heterocycles. The van der Waals surface area contributed by atoms with Crippen LogP contribution in [0.25, 0.3) is 0 Å². The van der Waals surface area contributed by atoms with Crippen LogP contribution in [0.4, 0.5) is 4.39 Å². The normalized spacial score (nSPS) is 11.4. The Kier molecular flexibility index (Phi) is 6.34. The first-order valence-corrected chi connectivity index (χ1v) is 11.7. The van der Waals surface area contributed by atoms with E-state index < -0.39 is 8.07 Å². The van der Waals surface area contributed by atoms with Crippen molar-refractivity contribution < 1.29 is 18.6 Å². The number of hydrogen-bond acceptors (Lipinski definition) is 4. The zero-order valence-electron chi connectivity index (χ0n) is 14.6. The lowest BCUT2D eigenvalue weighted by atomic mass is 10.3. The van der Waals surface area contributed by atoms with Crippen LogP contribution in [0.1, 0.15) is 5.69 Å². The molecule has 130 valence electrons. The highest BCUT2D eigenvalue weighted by Crippen LogP contribution is 2.29. The third kappa shape index (κ3) is 6.29. The monoisotopic (exact) mass is 349 g/mol. The summed E-state index contributed by atoms with van der Waals surface area (Å²) in [5, 5.41) is 0. The molecule has 0 aliphatic carbocycles. The van der Waals surface area contributed by atoms with Gasteiger partial charge in [0.15, 0.2) is 12.5 Å². The van der Waals surface area contributed by atoms with Gasteiger partial charge in [-0.25, -0.2) is 9.37 Å². The summed E-state index contributed by atoms with van der Waals surface area (Å²) >= 11 is 0. The van der Waals surface area contributed by atoms with Crippen LogP contribution in [0.2, 0.25) is 25.7 Å². The molecule has 4 nitrogen and oxygen atoms in total. The summed E-state index contributed by atoms with van der Waals surface area (Å²) in [6.45, 7) is 9.60. The number of nitrogens with zero attached hydrogens (tertiary/aromatic N) is 1. The Morgan fingerprint density at radius 2 is 1.75 bits per heavy atom. The maximum atomic E-state index is 13.0. The van der Waals surface area contributed by atoms with Gasteiger partial charge in [-0.05, 0) is 49.4 Å². The Morgan fingerprint density at radius 3 is 2.42 bits per heavy atom. The predicted molar refractivity (Wildman–Crippen MR) is 95.0 cm³/mol. The molecular weight excluding hydrogens is 325 g/mol. The number of aromatic nitrogens is 1. The number of pyridine rings is 1. The van der Waals surface area contributed by atoms with Crippen molar-refractivity contribution >= 4 is 8.07 Å². The summed E-state index contributed by atoms with van der Waals surface area (Å²) in [4.78, 5) is 4.34. The third-order valence-electron chi connectivity index (χ3n) is 3.29. The van der Waals surface area contributed by atoms with Gasteiger partial charge in [0.2, 0.25) is 0 Å². The molecule has 0 saturated heterocycles. The fourth-order valence-corrected chi connectivity index (χ4v) is 2.62. The molecule has 0 aliphatic rings. The number of hydrogen-bond donors (Lipinski definition) is 0. The molecule has 0 unspecified atom stereocenters. The molecule has 0 radical (unpaired) electrons. The second-order valence-corrected chi connectivity index (χ2v) is 12.4. The molecule has 2 rings (SSSR count). The van der Waals surface area contributed by atoms with Crippen LogP contribution in [0.15, 0.2) is 36.4 Å². The first kappa shape index (κ1) is 18.4. The molecule has 24 heavy (non-hydrogen) atoms. The second kappa shape index (κ2) is 8.26. The highest BCUT2D eigenvalue weighted by Gasteiger charge is 2.13. The van der Waals surface area contributed by atoms with Gasteiger partial charge in [0, 0.05) is 20.4 Å². The number of ether oxygens (including phenoxy) is 3. The maximum Gasteiger partial charge on any atom is 0.262 e. The smallest absolute Gasteiger partial charge is 0.262 e. The highest BCUT2D eigenvalue weighted by molar-refractivity contribution is 6.76. The van der Waals surface area contributed by atoms with Crippen LogP contribution in [0.3, 0.4) is 0 Å². The van der Waals surface area contributed by atoms with Crippen LogP contribution >= 0.6 is 0 Å². The molecule has 0 aliphatic heterocycles. The summed E-state index contributed by atoms with van der Waals surface area (Å²) in [5.74, 6) is 1.03. The van der Waals surface area contributed by atoms with E-state index in [2.05, 4.69) is 24.6 Å². The first-order chi connectivity index (χ1) is 11.3. The van der Waals surface area contributed by atoms with E-state index in [9.17, 15) is 4.39 Å². The predicted octanol–water partition coefficient (Wildman–Crippen LogP) is 5.01. The van der Waals surface area contributed by atoms with Gasteiger partial charge < -0.3 is 14.2 Å². The van der Waals surface area contributed by atoms with Gasteiger partial charge >= 0.3 is 0 Å². The summed E-state index contributed by atoms with van der Waals surface area (Å²) in [7, 11) is -1.11. The Bertz CT molecular complexity index is 656. The van der Waals surface area contributed by atoms with Crippen molar-refractivity contribution in [2.45, 2.75) is 32.6 Å². The number of halogens is 1. The zero-order chi connectivity index (χ0) is 17.6. The van der Waals surface area contributed by atoms with Crippen molar-refractivity contribution in [2.24, 2.45) is 0 Å². The fourth-order valence-electron chi connectivity index (χ4n) is 1.86. The summed E-state index contributed by atoms with van der Waals surface area (Å²) < 4.78 is 29.9. The van der Waals surface area contributed by atoms with Crippen molar-refractivity contribution in [3.8, 4) is 17.4 Å². The van der Waals surface area contributed by atoms with Gasteiger partial charge in [-0.1, -0.05) is 19.6 Å². The summed E-state index contributed by atoms with van der Waals surface area (Å²) in [5.41, 5.74) is 0.805. The van der Waals surface area contributed by atoms with Gasteiger partial charge in [-0.15, -0.1) is 0 Å². The van der Waals surface area contributed by atoms with E-state index >= 15 is 0 Å². The topological polar surface area (TPSA) is 40.6 Å². The van der Waals surface area contributed by atoms with Crippen molar-refractivity contribution in [1.29, 1.82) is 0 Å². The van der Waals surface area contributed by atoms with E-state index in [1.807, 2.05) is 13.0 Å².